The van der Waals surface area contributed by atoms with Gasteiger partial charge in [-0.05, 0) is 31.2 Å². The van der Waals surface area contributed by atoms with Crippen LogP contribution in [0.1, 0.15) is 22.3 Å². The second-order valence-electron chi connectivity index (χ2n) is 4.40. The molecule has 1 rings (SSSR count). The Bertz CT molecular complexity index is 486. The van der Waals surface area contributed by atoms with Crippen LogP contribution in [0.4, 0.5) is 17.6 Å². The lowest BCUT2D eigenvalue weighted by Crippen LogP contribution is -2.39. The molecular weight excluding hydrogens is 292 g/mol. The van der Waals surface area contributed by atoms with E-state index >= 15 is 0 Å². The number of carbonyl (C=O) groups excluding carboxylic acids is 1. The maximum Gasteiger partial charge on any atom is 0.416 e. The summed E-state index contributed by atoms with van der Waals surface area (Å²) in [6, 6.07) is 1.18. The first-order chi connectivity index (χ1) is 9.79. The van der Waals surface area contributed by atoms with Gasteiger partial charge in [0, 0.05) is 7.11 Å². The number of methoxy groups -OCH3 is 1. The normalized spacial score (nSPS) is 13.0. The number of rotatable bonds is 6. The molecular formula is C13H16F4N2O2. The summed E-state index contributed by atoms with van der Waals surface area (Å²) in [5.74, 6) is -1.96. The van der Waals surface area contributed by atoms with Crippen molar-refractivity contribution in [1.82, 2.24) is 5.32 Å². The maximum atomic E-state index is 13.5. The van der Waals surface area contributed by atoms with Crippen LogP contribution in [-0.4, -0.2) is 32.2 Å². The fraction of sp³-hybridized carbons (Fsp3) is 0.462. The van der Waals surface area contributed by atoms with Gasteiger partial charge in [0.1, 0.15) is 5.82 Å². The predicted octanol–water partition coefficient (Wildman–Crippen LogP) is 1.94. The Balaban J connectivity index is 2.95. The number of amides is 1. The number of nitrogens with two attached hydrogens (primary N) is 1. The zero-order valence-electron chi connectivity index (χ0n) is 11.3. The standard InChI is InChI=1S/C13H16F4N2O2/c1-21-7-9(4-5-18)19-12(20)10-6-8(13(15,16)17)2-3-11(10)14/h2-3,6,9H,4-5,7,18H2,1H3,(H,19,20). The number of hydrogen-bond acceptors (Lipinski definition) is 3. The third-order valence-electron chi connectivity index (χ3n) is 2.76. The summed E-state index contributed by atoms with van der Waals surface area (Å²) in [6.45, 7) is 0.378. The van der Waals surface area contributed by atoms with Crippen LogP contribution in [0.25, 0.3) is 0 Å². The highest BCUT2D eigenvalue weighted by atomic mass is 19.4. The van der Waals surface area contributed by atoms with Gasteiger partial charge in [0.2, 0.25) is 0 Å². The molecule has 0 aliphatic rings. The number of halogens is 4. The van der Waals surface area contributed by atoms with Crippen LogP contribution in [0.2, 0.25) is 0 Å². The van der Waals surface area contributed by atoms with Crippen molar-refractivity contribution in [3.8, 4) is 0 Å². The van der Waals surface area contributed by atoms with Crippen molar-refractivity contribution in [2.75, 3.05) is 20.3 Å². The van der Waals surface area contributed by atoms with Crippen LogP contribution in [0.3, 0.4) is 0 Å². The molecule has 0 heterocycles. The molecule has 0 aliphatic heterocycles. The van der Waals surface area contributed by atoms with Crippen molar-refractivity contribution >= 4 is 5.91 Å². The van der Waals surface area contributed by atoms with Crippen LogP contribution in [0.5, 0.6) is 0 Å². The average molecular weight is 308 g/mol. The molecule has 0 saturated heterocycles. The van der Waals surface area contributed by atoms with Crippen molar-refractivity contribution in [2.24, 2.45) is 5.73 Å². The second-order valence-corrected chi connectivity index (χ2v) is 4.40. The molecule has 1 atom stereocenters. The van der Waals surface area contributed by atoms with Crippen molar-refractivity contribution < 1.29 is 27.1 Å². The third kappa shape index (κ3) is 4.98. The quantitative estimate of drug-likeness (QED) is 0.789. The monoisotopic (exact) mass is 308 g/mol. The third-order valence-corrected chi connectivity index (χ3v) is 2.76. The minimum absolute atomic E-state index is 0.128. The van der Waals surface area contributed by atoms with Crippen LogP contribution in [-0.2, 0) is 10.9 Å². The van der Waals surface area contributed by atoms with E-state index in [0.29, 0.717) is 24.6 Å². The molecule has 0 aromatic heterocycles. The predicted molar refractivity (Wildman–Crippen MR) is 68.2 cm³/mol. The molecule has 21 heavy (non-hydrogen) atoms. The summed E-state index contributed by atoms with van der Waals surface area (Å²) in [6.07, 6.45) is -4.29. The van der Waals surface area contributed by atoms with Gasteiger partial charge in [-0.2, -0.15) is 13.2 Å². The zero-order valence-corrected chi connectivity index (χ0v) is 11.3. The van der Waals surface area contributed by atoms with E-state index in [1.165, 1.54) is 7.11 Å². The van der Waals surface area contributed by atoms with Gasteiger partial charge in [-0.15, -0.1) is 0 Å². The molecule has 0 fully saturated rings. The first-order valence-electron chi connectivity index (χ1n) is 6.16. The molecule has 1 aromatic rings. The second kappa shape index (κ2) is 7.37. The van der Waals surface area contributed by atoms with Gasteiger partial charge < -0.3 is 15.8 Å². The molecule has 3 N–H and O–H groups in total. The molecule has 118 valence electrons. The van der Waals surface area contributed by atoms with E-state index in [4.69, 9.17) is 10.5 Å². The Morgan fingerprint density at radius 1 is 1.43 bits per heavy atom. The smallest absolute Gasteiger partial charge is 0.383 e. The Kier molecular flexibility index (Phi) is 6.10. The van der Waals surface area contributed by atoms with E-state index in [1.807, 2.05) is 0 Å². The van der Waals surface area contributed by atoms with Gasteiger partial charge in [-0.3, -0.25) is 4.79 Å². The summed E-state index contributed by atoms with van der Waals surface area (Å²) < 4.78 is 56.1. The average Bonchev–Trinajstić information content (AvgIpc) is 2.38. The summed E-state index contributed by atoms with van der Waals surface area (Å²) in [7, 11) is 1.40. The van der Waals surface area contributed by atoms with E-state index < -0.39 is 35.1 Å². The topological polar surface area (TPSA) is 64.3 Å². The lowest BCUT2D eigenvalue weighted by atomic mass is 10.1. The summed E-state index contributed by atoms with van der Waals surface area (Å²) in [5, 5.41) is 2.40. The van der Waals surface area contributed by atoms with E-state index in [0.717, 1.165) is 0 Å². The van der Waals surface area contributed by atoms with Crippen molar-refractivity contribution in [3.05, 3.63) is 35.1 Å². The van der Waals surface area contributed by atoms with Crippen LogP contribution in [0, 0.1) is 5.82 Å². The minimum Gasteiger partial charge on any atom is -0.383 e. The molecule has 1 aromatic carbocycles. The van der Waals surface area contributed by atoms with Gasteiger partial charge in [-0.1, -0.05) is 0 Å². The maximum absolute atomic E-state index is 13.5. The molecule has 8 heteroatoms. The Labute approximate surface area is 119 Å². The lowest BCUT2D eigenvalue weighted by Gasteiger charge is -2.17. The van der Waals surface area contributed by atoms with Gasteiger partial charge in [0.25, 0.3) is 5.91 Å². The summed E-state index contributed by atoms with van der Waals surface area (Å²) >= 11 is 0. The number of carbonyl (C=O) groups is 1. The van der Waals surface area contributed by atoms with Gasteiger partial charge in [-0.25, -0.2) is 4.39 Å². The molecule has 0 radical (unpaired) electrons. The van der Waals surface area contributed by atoms with Crippen LogP contribution in [0.15, 0.2) is 18.2 Å². The van der Waals surface area contributed by atoms with Crippen LogP contribution < -0.4 is 11.1 Å². The molecule has 0 spiro atoms. The molecule has 0 bridgehead atoms. The number of ether oxygens (including phenoxy) is 1. The van der Waals surface area contributed by atoms with Gasteiger partial charge in [0.15, 0.2) is 0 Å². The summed E-state index contributed by atoms with van der Waals surface area (Å²) in [5.41, 5.74) is 3.60. The first kappa shape index (κ1) is 17.4. The Morgan fingerprint density at radius 2 is 2.10 bits per heavy atom. The first-order valence-corrected chi connectivity index (χ1v) is 6.16. The Morgan fingerprint density at radius 3 is 2.62 bits per heavy atom. The zero-order chi connectivity index (χ0) is 16.0. The highest BCUT2D eigenvalue weighted by Crippen LogP contribution is 2.30. The van der Waals surface area contributed by atoms with E-state index in [-0.39, 0.29) is 13.2 Å². The minimum atomic E-state index is -4.65. The molecule has 0 aliphatic carbocycles. The van der Waals surface area contributed by atoms with Crippen LogP contribution >= 0.6 is 0 Å². The van der Waals surface area contributed by atoms with Crippen molar-refractivity contribution in [2.45, 2.75) is 18.6 Å². The van der Waals surface area contributed by atoms with E-state index in [1.54, 1.807) is 0 Å². The fourth-order valence-electron chi connectivity index (χ4n) is 1.74. The SMILES string of the molecule is COCC(CCN)NC(=O)c1cc(C(F)(F)F)ccc1F. The van der Waals surface area contributed by atoms with Gasteiger partial charge >= 0.3 is 6.18 Å². The van der Waals surface area contributed by atoms with Crippen molar-refractivity contribution in [3.63, 3.8) is 0 Å². The largest absolute Gasteiger partial charge is 0.416 e. The fourth-order valence-corrected chi connectivity index (χ4v) is 1.74. The summed E-state index contributed by atoms with van der Waals surface area (Å²) in [4.78, 5) is 11.9. The molecule has 4 nitrogen and oxygen atoms in total. The van der Waals surface area contributed by atoms with Crippen molar-refractivity contribution in [1.29, 1.82) is 0 Å². The number of nitrogens with one attached hydrogen (secondary N) is 1. The Hall–Kier alpha value is -1.67. The molecule has 1 amide bonds. The lowest BCUT2D eigenvalue weighted by molar-refractivity contribution is -0.137. The molecule has 1 unspecified atom stereocenters. The number of alkyl halides is 3. The van der Waals surface area contributed by atoms with E-state index in [9.17, 15) is 22.4 Å². The number of benzene rings is 1. The van der Waals surface area contributed by atoms with E-state index in [2.05, 4.69) is 5.32 Å². The number of hydrogen-bond donors (Lipinski definition) is 2. The van der Waals surface area contributed by atoms with Gasteiger partial charge in [0.05, 0.1) is 23.8 Å². The highest BCUT2D eigenvalue weighted by Gasteiger charge is 2.32. The molecule has 0 saturated carbocycles. The highest BCUT2D eigenvalue weighted by molar-refractivity contribution is 5.94.